The van der Waals surface area contributed by atoms with Gasteiger partial charge in [0.25, 0.3) is 0 Å². The summed E-state index contributed by atoms with van der Waals surface area (Å²) in [5.41, 5.74) is 4.93. The number of nitrogens with zero attached hydrogens (tertiary/aromatic N) is 2. The number of amides is 1. The van der Waals surface area contributed by atoms with Crippen LogP contribution in [0.3, 0.4) is 0 Å². The Balaban J connectivity index is 1.60. The Labute approximate surface area is 199 Å². The van der Waals surface area contributed by atoms with Crippen LogP contribution in [0, 0.1) is 0 Å². The summed E-state index contributed by atoms with van der Waals surface area (Å²) in [6.45, 7) is 2.15. The predicted molar refractivity (Wildman–Crippen MR) is 141 cm³/mol. The van der Waals surface area contributed by atoms with E-state index in [1.54, 1.807) is 0 Å². The van der Waals surface area contributed by atoms with Gasteiger partial charge >= 0.3 is 0 Å². The number of anilines is 1. The fraction of sp³-hybridized carbons (Fsp3) is 0.129. The molecule has 5 aromatic rings. The minimum atomic E-state index is 0.0415. The Morgan fingerprint density at radius 1 is 0.676 bits per heavy atom. The molecule has 0 aliphatic carbocycles. The predicted octanol–water partition coefficient (Wildman–Crippen LogP) is 6.68. The van der Waals surface area contributed by atoms with E-state index in [0.29, 0.717) is 13.1 Å². The van der Waals surface area contributed by atoms with E-state index in [-0.39, 0.29) is 6.04 Å². The Hall–Kier alpha value is -4.11. The molecule has 3 nitrogen and oxygen atoms in total. The van der Waals surface area contributed by atoms with Crippen molar-refractivity contribution in [3.63, 3.8) is 0 Å². The molecular formula is C31H26N2O. The van der Waals surface area contributed by atoms with Crippen molar-refractivity contribution < 1.29 is 4.79 Å². The third-order valence-corrected chi connectivity index (χ3v) is 7.01. The summed E-state index contributed by atoms with van der Waals surface area (Å²) in [5.74, 6) is 0. The molecular weight excluding hydrogens is 416 g/mol. The number of piperazine rings is 1. The largest absolute Gasteiger partial charge is 0.360 e. The zero-order valence-corrected chi connectivity index (χ0v) is 19.0. The number of hydrogen-bond donors (Lipinski definition) is 0. The van der Waals surface area contributed by atoms with Gasteiger partial charge in [0, 0.05) is 30.9 Å². The van der Waals surface area contributed by atoms with Crippen LogP contribution in [-0.4, -0.2) is 30.9 Å². The molecule has 1 fully saturated rings. The molecule has 0 aromatic heterocycles. The average Bonchev–Trinajstić information content (AvgIpc) is 2.92. The number of fused-ring (bicyclic) bond motifs is 2. The minimum Gasteiger partial charge on any atom is -0.360 e. The van der Waals surface area contributed by atoms with Crippen LogP contribution < -0.4 is 4.90 Å². The number of rotatable bonds is 4. The van der Waals surface area contributed by atoms with Gasteiger partial charge in [-0.1, -0.05) is 97.1 Å². The van der Waals surface area contributed by atoms with E-state index in [2.05, 4.69) is 114 Å². The van der Waals surface area contributed by atoms with Crippen LogP contribution in [0.15, 0.2) is 109 Å². The molecule has 166 valence electrons. The zero-order valence-electron chi connectivity index (χ0n) is 19.0. The van der Waals surface area contributed by atoms with Crippen LogP contribution in [0.2, 0.25) is 0 Å². The van der Waals surface area contributed by atoms with Gasteiger partial charge in [0.15, 0.2) is 0 Å². The first-order valence-electron chi connectivity index (χ1n) is 11.8. The maximum absolute atomic E-state index is 11.9. The van der Waals surface area contributed by atoms with Gasteiger partial charge in [-0.2, -0.15) is 0 Å². The first-order chi connectivity index (χ1) is 16.8. The van der Waals surface area contributed by atoms with Gasteiger partial charge in [-0.3, -0.25) is 4.79 Å². The molecule has 1 saturated heterocycles. The van der Waals surface area contributed by atoms with Gasteiger partial charge in [0.2, 0.25) is 6.41 Å². The second-order valence-electron chi connectivity index (χ2n) is 8.93. The molecule has 0 spiro atoms. The number of benzene rings is 5. The molecule has 1 unspecified atom stereocenters. The Morgan fingerprint density at radius 2 is 1.29 bits per heavy atom. The molecule has 3 heteroatoms. The first-order valence-corrected chi connectivity index (χ1v) is 11.8. The van der Waals surface area contributed by atoms with Gasteiger partial charge < -0.3 is 9.80 Å². The molecule has 6 rings (SSSR count). The van der Waals surface area contributed by atoms with Crippen molar-refractivity contribution in [1.29, 1.82) is 0 Å². The van der Waals surface area contributed by atoms with E-state index in [9.17, 15) is 4.79 Å². The van der Waals surface area contributed by atoms with E-state index in [1.165, 1.54) is 43.9 Å². The summed E-state index contributed by atoms with van der Waals surface area (Å²) in [7, 11) is 0. The Morgan fingerprint density at radius 3 is 2.00 bits per heavy atom. The number of carbonyl (C=O) groups is 1. The van der Waals surface area contributed by atoms with Crippen molar-refractivity contribution in [3.8, 4) is 11.1 Å². The number of para-hydroxylation sites is 1. The van der Waals surface area contributed by atoms with Crippen LogP contribution >= 0.6 is 0 Å². The standard InChI is InChI=1S/C31H26N2O/c34-22-32-18-19-33(29-17-9-8-14-26(29)23-10-2-1-3-11-23)30(21-32)31-27-15-6-4-12-24(27)20-25-13-5-7-16-28(25)31/h1-17,20,22,30H,18-19,21H2. The normalized spacial score (nSPS) is 16.2. The monoisotopic (exact) mass is 442 g/mol. The highest BCUT2D eigenvalue weighted by molar-refractivity contribution is 6.03. The molecule has 1 aliphatic heterocycles. The molecule has 1 atom stereocenters. The van der Waals surface area contributed by atoms with Crippen molar-refractivity contribution in [1.82, 2.24) is 4.90 Å². The molecule has 0 radical (unpaired) electrons. The highest BCUT2D eigenvalue weighted by Crippen LogP contribution is 2.41. The van der Waals surface area contributed by atoms with Crippen molar-refractivity contribution >= 4 is 33.6 Å². The topological polar surface area (TPSA) is 23.6 Å². The van der Waals surface area contributed by atoms with Crippen molar-refractivity contribution in [2.45, 2.75) is 6.04 Å². The van der Waals surface area contributed by atoms with Gasteiger partial charge in [-0.15, -0.1) is 0 Å². The summed E-state index contributed by atoms with van der Waals surface area (Å²) in [6, 6.07) is 38.8. The molecule has 1 aliphatic rings. The summed E-state index contributed by atoms with van der Waals surface area (Å²) < 4.78 is 0. The quantitative estimate of drug-likeness (QED) is 0.229. The van der Waals surface area contributed by atoms with Gasteiger partial charge in [-0.05, 0) is 44.8 Å². The van der Waals surface area contributed by atoms with Crippen molar-refractivity contribution in [2.24, 2.45) is 0 Å². The summed E-state index contributed by atoms with van der Waals surface area (Å²) >= 11 is 0. The summed E-state index contributed by atoms with van der Waals surface area (Å²) in [4.78, 5) is 16.3. The van der Waals surface area contributed by atoms with Gasteiger partial charge in [0.1, 0.15) is 0 Å². The molecule has 1 heterocycles. The lowest BCUT2D eigenvalue weighted by Gasteiger charge is -2.43. The molecule has 0 bridgehead atoms. The average molecular weight is 443 g/mol. The lowest BCUT2D eigenvalue weighted by molar-refractivity contribution is -0.118. The van der Waals surface area contributed by atoms with Crippen molar-refractivity contribution in [3.05, 3.63) is 115 Å². The van der Waals surface area contributed by atoms with E-state index >= 15 is 0 Å². The van der Waals surface area contributed by atoms with E-state index < -0.39 is 0 Å². The fourth-order valence-corrected chi connectivity index (χ4v) is 5.43. The Kier molecular flexibility index (Phi) is 5.23. The van der Waals surface area contributed by atoms with Crippen LogP contribution in [0.1, 0.15) is 11.6 Å². The van der Waals surface area contributed by atoms with E-state index in [0.717, 1.165) is 13.0 Å². The molecule has 0 saturated carbocycles. The second-order valence-corrected chi connectivity index (χ2v) is 8.93. The van der Waals surface area contributed by atoms with Crippen molar-refractivity contribution in [2.75, 3.05) is 24.5 Å². The second kappa shape index (κ2) is 8.68. The molecule has 1 amide bonds. The lowest BCUT2D eigenvalue weighted by atomic mass is 9.89. The third-order valence-electron chi connectivity index (χ3n) is 7.01. The maximum Gasteiger partial charge on any atom is 0.209 e. The molecule has 0 N–H and O–H groups in total. The fourth-order valence-electron chi connectivity index (χ4n) is 5.43. The third kappa shape index (κ3) is 3.50. The summed E-state index contributed by atoms with van der Waals surface area (Å²) in [6.07, 6.45) is 1.00. The highest BCUT2D eigenvalue weighted by Gasteiger charge is 2.31. The Bertz CT molecular complexity index is 1420. The first kappa shape index (κ1) is 20.5. The maximum atomic E-state index is 11.9. The van der Waals surface area contributed by atoms with Crippen LogP contribution in [0.25, 0.3) is 32.7 Å². The zero-order chi connectivity index (χ0) is 22.9. The van der Waals surface area contributed by atoms with Crippen LogP contribution in [0.4, 0.5) is 5.69 Å². The molecule has 34 heavy (non-hydrogen) atoms. The lowest BCUT2D eigenvalue weighted by Crippen LogP contribution is -2.48. The number of hydrogen-bond acceptors (Lipinski definition) is 2. The van der Waals surface area contributed by atoms with Crippen LogP contribution in [0.5, 0.6) is 0 Å². The van der Waals surface area contributed by atoms with Crippen LogP contribution in [-0.2, 0) is 4.79 Å². The van der Waals surface area contributed by atoms with E-state index in [4.69, 9.17) is 0 Å². The van der Waals surface area contributed by atoms with E-state index in [1.807, 2.05) is 4.90 Å². The SMILES string of the molecule is O=CN1CCN(c2ccccc2-c2ccccc2)C(c2c3ccccc3cc3ccccc23)C1. The summed E-state index contributed by atoms with van der Waals surface area (Å²) in [5, 5.41) is 4.97. The van der Waals surface area contributed by atoms with Gasteiger partial charge in [-0.25, -0.2) is 0 Å². The molecule has 5 aromatic carbocycles. The minimum absolute atomic E-state index is 0.0415. The highest BCUT2D eigenvalue weighted by atomic mass is 16.1. The smallest absolute Gasteiger partial charge is 0.209 e. The number of carbonyl (C=O) groups excluding carboxylic acids is 1. The van der Waals surface area contributed by atoms with Gasteiger partial charge in [0.05, 0.1) is 6.04 Å².